The van der Waals surface area contributed by atoms with Crippen molar-refractivity contribution in [3.63, 3.8) is 0 Å². The molecular formula is C28H28ClN3O4S. The van der Waals surface area contributed by atoms with Crippen molar-refractivity contribution < 1.29 is 18.0 Å². The second-order valence-electron chi connectivity index (χ2n) is 9.66. The van der Waals surface area contributed by atoms with Crippen molar-refractivity contribution in [1.29, 1.82) is 0 Å². The number of carbonyl (C=O) groups excluding carboxylic acids is 2. The van der Waals surface area contributed by atoms with Crippen molar-refractivity contribution in [3.05, 3.63) is 101 Å². The summed E-state index contributed by atoms with van der Waals surface area (Å²) >= 11 is 5.97. The summed E-state index contributed by atoms with van der Waals surface area (Å²) in [5.74, 6) is 0.580. The number of halogens is 1. The summed E-state index contributed by atoms with van der Waals surface area (Å²) in [6, 6.07) is 22.7. The van der Waals surface area contributed by atoms with E-state index in [-0.39, 0.29) is 35.8 Å². The van der Waals surface area contributed by atoms with E-state index in [1.807, 2.05) is 35.2 Å². The molecule has 5 rings (SSSR count). The van der Waals surface area contributed by atoms with E-state index >= 15 is 0 Å². The van der Waals surface area contributed by atoms with Gasteiger partial charge >= 0.3 is 0 Å². The number of benzene rings is 3. The van der Waals surface area contributed by atoms with Gasteiger partial charge in [-0.2, -0.15) is 4.31 Å². The molecular weight excluding hydrogens is 510 g/mol. The van der Waals surface area contributed by atoms with Crippen LogP contribution in [-0.4, -0.2) is 48.6 Å². The maximum atomic E-state index is 13.5. The Kier molecular flexibility index (Phi) is 7.07. The summed E-state index contributed by atoms with van der Waals surface area (Å²) in [6.45, 7) is 3.32. The summed E-state index contributed by atoms with van der Waals surface area (Å²) in [4.78, 5) is 26.3. The summed E-state index contributed by atoms with van der Waals surface area (Å²) < 4.78 is 28.4. The average molecular weight is 538 g/mol. The number of piperidine rings is 1. The van der Waals surface area contributed by atoms with Gasteiger partial charge in [0.15, 0.2) is 0 Å². The molecule has 0 bridgehead atoms. The van der Waals surface area contributed by atoms with Gasteiger partial charge in [0, 0.05) is 61.6 Å². The van der Waals surface area contributed by atoms with E-state index in [0.717, 1.165) is 11.1 Å². The fraction of sp³-hybridized carbons (Fsp3) is 0.286. The Morgan fingerprint density at radius 1 is 0.892 bits per heavy atom. The highest BCUT2D eigenvalue weighted by atomic mass is 35.5. The van der Waals surface area contributed by atoms with E-state index in [1.54, 1.807) is 43.3 Å². The van der Waals surface area contributed by atoms with Crippen LogP contribution in [-0.2, 0) is 27.9 Å². The van der Waals surface area contributed by atoms with E-state index in [0.29, 0.717) is 35.5 Å². The zero-order chi connectivity index (χ0) is 26.2. The van der Waals surface area contributed by atoms with Gasteiger partial charge in [-0.05, 0) is 47.5 Å². The first-order chi connectivity index (χ1) is 17.7. The SMILES string of the molecule is CC(=O)N1C[C@@H]2C(NC(=O)c3ccc(CN(Cc4ccccc4)S(=O)(=O)c4ccc(Cl)cc4)cc3)[C@@H]2C1. The lowest BCUT2D eigenvalue weighted by Crippen LogP contribution is -2.36. The number of carbonyl (C=O) groups is 2. The van der Waals surface area contributed by atoms with Gasteiger partial charge < -0.3 is 10.2 Å². The maximum Gasteiger partial charge on any atom is 0.251 e. The van der Waals surface area contributed by atoms with Crippen LogP contribution in [0.25, 0.3) is 0 Å². The Labute approximate surface area is 222 Å². The number of nitrogens with one attached hydrogen (secondary N) is 1. The topological polar surface area (TPSA) is 86.8 Å². The van der Waals surface area contributed by atoms with Crippen LogP contribution >= 0.6 is 11.6 Å². The number of amides is 2. The predicted octanol–water partition coefficient (Wildman–Crippen LogP) is 3.94. The molecule has 3 atom stereocenters. The molecule has 1 saturated heterocycles. The fourth-order valence-electron chi connectivity index (χ4n) is 4.97. The molecule has 2 aliphatic rings. The van der Waals surface area contributed by atoms with Crippen molar-refractivity contribution >= 4 is 33.4 Å². The zero-order valence-corrected chi connectivity index (χ0v) is 22.0. The standard InChI is InChI=1S/C28H28ClN3O4S/c1-19(33)31-17-25-26(18-31)27(25)30-28(34)22-9-7-21(8-10-22)16-32(15-20-5-3-2-4-6-20)37(35,36)24-13-11-23(29)12-14-24/h2-14,25-27H,15-18H2,1H3,(H,30,34)/t25-,26+,27?. The van der Waals surface area contributed by atoms with E-state index in [4.69, 9.17) is 11.6 Å². The van der Waals surface area contributed by atoms with E-state index in [9.17, 15) is 18.0 Å². The van der Waals surface area contributed by atoms with Gasteiger partial charge in [-0.25, -0.2) is 8.42 Å². The molecule has 1 N–H and O–H groups in total. The molecule has 1 aliphatic heterocycles. The molecule has 3 aromatic carbocycles. The minimum atomic E-state index is -3.80. The highest BCUT2D eigenvalue weighted by Crippen LogP contribution is 2.45. The molecule has 0 radical (unpaired) electrons. The summed E-state index contributed by atoms with van der Waals surface area (Å²) in [5, 5.41) is 3.55. The van der Waals surface area contributed by atoms with Crippen LogP contribution in [0.3, 0.4) is 0 Å². The van der Waals surface area contributed by atoms with Gasteiger partial charge in [0.2, 0.25) is 15.9 Å². The molecule has 1 heterocycles. The van der Waals surface area contributed by atoms with Crippen LogP contribution in [0.5, 0.6) is 0 Å². The lowest BCUT2D eigenvalue weighted by molar-refractivity contribution is -0.128. The van der Waals surface area contributed by atoms with Gasteiger partial charge in [0.1, 0.15) is 0 Å². The minimum absolute atomic E-state index is 0.0762. The average Bonchev–Trinajstić information content (AvgIpc) is 3.31. The van der Waals surface area contributed by atoms with Crippen molar-refractivity contribution in [1.82, 2.24) is 14.5 Å². The lowest BCUT2D eigenvalue weighted by atomic mass is 10.1. The molecule has 0 aromatic heterocycles. The molecule has 1 saturated carbocycles. The van der Waals surface area contributed by atoms with Gasteiger partial charge in [0.05, 0.1) is 4.90 Å². The lowest BCUT2D eigenvalue weighted by Gasteiger charge is -2.23. The second-order valence-corrected chi connectivity index (χ2v) is 12.0. The van der Waals surface area contributed by atoms with Crippen LogP contribution in [0, 0.1) is 11.8 Å². The molecule has 2 fully saturated rings. The third-order valence-electron chi connectivity index (χ3n) is 7.17. The predicted molar refractivity (Wildman–Crippen MR) is 141 cm³/mol. The normalized spacial score (nSPS) is 20.5. The van der Waals surface area contributed by atoms with Crippen molar-refractivity contribution in [2.24, 2.45) is 11.8 Å². The zero-order valence-electron chi connectivity index (χ0n) is 20.4. The summed E-state index contributed by atoms with van der Waals surface area (Å²) in [7, 11) is -3.80. The largest absolute Gasteiger partial charge is 0.349 e. The Bertz CT molecular complexity index is 1380. The molecule has 2 amide bonds. The van der Waals surface area contributed by atoms with Crippen molar-refractivity contribution in [2.75, 3.05) is 13.1 Å². The van der Waals surface area contributed by atoms with Crippen LogP contribution in [0.4, 0.5) is 0 Å². The number of hydrogen-bond acceptors (Lipinski definition) is 4. The molecule has 9 heteroatoms. The first-order valence-electron chi connectivity index (χ1n) is 12.2. The Morgan fingerprint density at radius 3 is 2.03 bits per heavy atom. The number of rotatable bonds is 8. The van der Waals surface area contributed by atoms with E-state index < -0.39 is 10.0 Å². The van der Waals surface area contributed by atoms with Crippen LogP contribution in [0.1, 0.15) is 28.4 Å². The molecule has 1 aliphatic carbocycles. The third-order valence-corrected chi connectivity index (χ3v) is 9.22. The van der Waals surface area contributed by atoms with Gasteiger partial charge in [-0.15, -0.1) is 0 Å². The first kappa shape index (κ1) is 25.4. The molecule has 192 valence electrons. The molecule has 7 nitrogen and oxygen atoms in total. The number of likely N-dealkylation sites (tertiary alicyclic amines) is 1. The summed E-state index contributed by atoms with van der Waals surface area (Å²) in [6.07, 6.45) is 0. The fourth-order valence-corrected chi connectivity index (χ4v) is 6.51. The third kappa shape index (κ3) is 5.56. The van der Waals surface area contributed by atoms with Gasteiger partial charge in [-0.1, -0.05) is 54.1 Å². The highest BCUT2D eigenvalue weighted by Gasteiger charge is 2.57. The Morgan fingerprint density at radius 2 is 1.46 bits per heavy atom. The molecule has 1 unspecified atom stereocenters. The van der Waals surface area contributed by atoms with Crippen molar-refractivity contribution in [2.45, 2.75) is 31.0 Å². The second kappa shape index (κ2) is 10.3. The smallest absolute Gasteiger partial charge is 0.251 e. The van der Waals surface area contributed by atoms with Crippen LogP contribution < -0.4 is 5.32 Å². The number of hydrogen-bond donors (Lipinski definition) is 1. The first-order valence-corrected chi connectivity index (χ1v) is 14.0. The van der Waals surface area contributed by atoms with Crippen LogP contribution in [0.15, 0.2) is 83.8 Å². The van der Waals surface area contributed by atoms with E-state index in [2.05, 4.69) is 5.32 Å². The highest BCUT2D eigenvalue weighted by molar-refractivity contribution is 7.89. The van der Waals surface area contributed by atoms with Gasteiger partial charge in [0.25, 0.3) is 5.91 Å². The number of sulfonamides is 1. The Hall–Kier alpha value is -3.20. The molecule has 37 heavy (non-hydrogen) atoms. The monoisotopic (exact) mass is 537 g/mol. The quantitative estimate of drug-likeness (QED) is 0.471. The van der Waals surface area contributed by atoms with Crippen LogP contribution in [0.2, 0.25) is 5.02 Å². The Balaban J connectivity index is 1.28. The van der Waals surface area contributed by atoms with Gasteiger partial charge in [-0.3, -0.25) is 9.59 Å². The van der Waals surface area contributed by atoms with E-state index in [1.165, 1.54) is 16.4 Å². The maximum absolute atomic E-state index is 13.5. The number of fused-ring (bicyclic) bond motifs is 1. The molecule has 0 spiro atoms. The number of nitrogens with zero attached hydrogens (tertiary/aromatic N) is 2. The van der Waals surface area contributed by atoms with Crippen molar-refractivity contribution in [3.8, 4) is 0 Å². The molecule has 3 aromatic rings. The summed E-state index contributed by atoms with van der Waals surface area (Å²) in [5.41, 5.74) is 2.16. The minimum Gasteiger partial charge on any atom is -0.349 e.